The lowest BCUT2D eigenvalue weighted by molar-refractivity contribution is -0.207. The molecule has 0 aliphatic heterocycles. The highest BCUT2D eigenvalue weighted by Gasteiger charge is 2.38. The molecule has 0 fully saturated rings. The van der Waals surface area contributed by atoms with Crippen LogP contribution in [0.3, 0.4) is 0 Å². The fourth-order valence-electron chi connectivity index (χ4n) is 1.21. The van der Waals surface area contributed by atoms with Crippen molar-refractivity contribution in [3.05, 3.63) is 0 Å². The number of nitrogens with zero attached hydrogens (tertiary/aromatic N) is 1. The molecule has 0 aromatic carbocycles. The van der Waals surface area contributed by atoms with Crippen LogP contribution in [-0.2, 0) is 4.79 Å². The molecule has 2 N–H and O–H groups in total. The van der Waals surface area contributed by atoms with Gasteiger partial charge in [-0.05, 0) is 27.3 Å². The van der Waals surface area contributed by atoms with Gasteiger partial charge in [-0.2, -0.15) is 13.2 Å². The predicted octanol–water partition coefficient (Wildman–Crippen LogP) is 1.15. The molecule has 0 radical (unpaired) electrons. The largest absolute Gasteiger partial charge is 0.415 e. The number of hydrogen-bond acceptors (Lipinski definition) is 3. The molecule has 1 atom stereocenters. The van der Waals surface area contributed by atoms with E-state index in [1.54, 1.807) is 0 Å². The van der Waals surface area contributed by atoms with Crippen molar-refractivity contribution in [3.8, 4) is 0 Å². The fraction of sp³-hybridized carbons (Fsp3) is 0.909. The first-order chi connectivity index (χ1) is 7.98. The van der Waals surface area contributed by atoms with Gasteiger partial charge in [0.15, 0.2) is 6.10 Å². The third-order valence-corrected chi connectivity index (χ3v) is 2.64. The molecule has 0 saturated carbocycles. The summed E-state index contributed by atoms with van der Waals surface area (Å²) in [7, 11) is 1.35. The van der Waals surface area contributed by atoms with Crippen LogP contribution in [0.25, 0.3) is 0 Å². The van der Waals surface area contributed by atoms with E-state index in [4.69, 9.17) is 5.11 Å². The summed E-state index contributed by atoms with van der Waals surface area (Å²) in [6, 6.07) is 0. The second-order valence-electron chi connectivity index (χ2n) is 5.04. The minimum absolute atomic E-state index is 0.184. The first kappa shape index (κ1) is 17.2. The zero-order valence-corrected chi connectivity index (χ0v) is 11.1. The molecule has 1 unspecified atom stereocenters. The lowest BCUT2D eigenvalue weighted by atomic mass is 10.0. The molecule has 0 aliphatic rings. The van der Waals surface area contributed by atoms with E-state index < -0.39 is 18.8 Å². The SMILES string of the molecule is CCC(C)(C)NC(=O)CN(C)CC(O)C(F)(F)F. The summed E-state index contributed by atoms with van der Waals surface area (Å²) in [6.07, 6.45) is -6.38. The van der Waals surface area contributed by atoms with Crippen molar-refractivity contribution in [1.82, 2.24) is 10.2 Å². The molecule has 4 nitrogen and oxygen atoms in total. The Morgan fingerprint density at radius 1 is 1.39 bits per heavy atom. The Labute approximate surface area is 105 Å². The van der Waals surface area contributed by atoms with E-state index >= 15 is 0 Å². The maximum absolute atomic E-state index is 12.1. The van der Waals surface area contributed by atoms with Crippen LogP contribution in [0, 0.1) is 0 Å². The van der Waals surface area contributed by atoms with Crippen molar-refractivity contribution < 1.29 is 23.1 Å². The minimum Gasteiger partial charge on any atom is -0.382 e. The van der Waals surface area contributed by atoms with Crippen molar-refractivity contribution in [2.45, 2.75) is 45.0 Å². The van der Waals surface area contributed by atoms with Crippen molar-refractivity contribution in [2.75, 3.05) is 20.1 Å². The van der Waals surface area contributed by atoms with Crippen LogP contribution >= 0.6 is 0 Å². The molecular weight excluding hydrogens is 249 g/mol. The number of hydrogen-bond donors (Lipinski definition) is 2. The second kappa shape index (κ2) is 6.38. The highest BCUT2D eigenvalue weighted by Crippen LogP contribution is 2.20. The Bertz CT molecular complexity index is 280. The number of carbonyl (C=O) groups is 1. The first-order valence-corrected chi connectivity index (χ1v) is 5.72. The van der Waals surface area contributed by atoms with Crippen LogP contribution in [0.4, 0.5) is 13.2 Å². The molecule has 7 heteroatoms. The van der Waals surface area contributed by atoms with Gasteiger partial charge in [-0.3, -0.25) is 9.69 Å². The quantitative estimate of drug-likeness (QED) is 0.761. The van der Waals surface area contributed by atoms with Gasteiger partial charge in [0.2, 0.25) is 5.91 Å². The van der Waals surface area contributed by atoms with E-state index in [2.05, 4.69) is 5.32 Å². The van der Waals surface area contributed by atoms with Gasteiger partial charge in [0.1, 0.15) is 0 Å². The van der Waals surface area contributed by atoms with Crippen molar-refractivity contribution in [2.24, 2.45) is 0 Å². The Morgan fingerprint density at radius 3 is 2.28 bits per heavy atom. The predicted molar refractivity (Wildman–Crippen MR) is 62.1 cm³/mol. The highest BCUT2D eigenvalue weighted by molar-refractivity contribution is 5.78. The maximum atomic E-state index is 12.1. The van der Waals surface area contributed by atoms with Gasteiger partial charge in [-0.15, -0.1) is 0 Å². The van der Waals surface area contributed by atoms with Crippen molar-refractivity contribution in [1.29, 1.82) is 0 Å². The fourth-order valence-corrected chi connectivity index (χ4v) is 1.21. The standard InChI is InChI=1S/C11H21F3N2O2/c1-5-10(2,3)15-9(18)7-16(4)6-8(17)11(12,13)14/h8,17H,5-7H2,1-4H3,(H,15,18). The van der Waals surface area contributed by atoms with Gasteiger partial charge in [0.25, 0.3) is 0 Å². The number of nitrogens with one attached hydrogen (secondary N) is 1. The first-order valence-electron chi connectivity index (χ1n) is 5.72. The maximum Gasteiger partial charge on any atom is 0.415 e. The average molecular weight is 270 g/mol. The van der Waals surface area contributed by atoms with Gasteiger partial charge in [0.05, 0.1) is 6.54 Å². The van der Waals surface area contributed by atoms with Crippen LogP contribution in [0.5, 0.6) is 0 Å². The molecule has 0 bridgehead atoms. The number of halogens is 3. The van der Waals surface area contributed by atoms with Crippen LogP contribution in [0.2, 0.25) is 0 Å². The Hall–Kier alpha value is -0.820. The van der Waals surface area contributed by atoms with Gasteiger partial charge >= 0.3 is 6.18 Å². The summed E-state index contributed by atoms with van der Waals surface area (Å²) in [5, 5.41) is 11.6. The molecule has 18 heavy (non-hydrogen) atoms. The lowest BCUT2D eigenvalue weighted by Crippen LogP contribution is -2.48. The summed E-state index contributed by atoms with van der Waals surface area (Å²) in [5.74, 6) is -0.362. The molecule has 1 amide bonds. The van der Waals surface area contributed by atoms with Crippen LogP contribution in [0.1, 0.15) is 27.2 Å². The number of amides is 1. The molecule has 0 spiro atoms. The third kappa shape index (κ3) is 6.80. The molecule has 0 aromatic rings. The lowest BCUT2D eigenvalue weighted by Gasteiger charge is -2.27. The zero-order valence-electron chi connectivity index (χ0n) is 11.1. The number of alkyl halides is 3. The number of rotatable bonds is 6. The van der Waals surface area contributed by atoms with Crippen LogP contribution in [0.15, 0.2) is 0 Å². The molecule has 0 aromatic heterocycles. The summed E-state index contributed by atoms with van der Waals surface area (Å²) in [5.41, 5.74) is -0.388. The Kier molecular flexibility index (Phi) is 6.09. The monoisotopic (exact) mass is 270 g/mol. The molecule has 0 rings (SSSR count). The summed E-state index contributed by atoms with van der Waals surface area (Å²) in [4.78, 5) is 12.7. The summed E-state index contributed by atoms with van der Waals surface area (Å²) >= 11 is 0. The normalized spacial score (nSPS) is 14.7. The molecule has 0 saturated heterocycles. The minimum atomic E-state index is -4.66. The van der Waals surface area contributed by atoms with Crippen molar-refractivity contribution in [3.63, 3.8) is 0 Å². The average Bonchev–Trinajstić information content (AvgIpc) is 2.14. The van der Waals surface area contributed by atoms with Gasteiger partial charge < -0.3 is 10.4 Å². The Balaban J connectivity index is 4.17. The number of aliphatic hydroxyl groups excluding tert-OH is 1. The van der Waals surface area contributed by atoms with E-state index in [1.807, 2.05) is 20.8 Å². The van der Waals surface area contributed by atoms with E-state index in [9.17, 15) is 18.0 Å². The van der Waals surface area contributed by atoms with E-state index in [-0.39, 0.29) is 18.0 Å². The summed E-state index contributed by atoms with van der Waals surface area (Å²) in [6.45, 7) is 4.75. The second-order valence-corrected chi connectivity index (χ2v) is 5.04. The zero-order chi connectivity index (χ0) is 14.6. The molecule has 0 heterocycles. The number of carbonyl (C=O) groups excluding carboxylic acids is 1. The third-order valence-electron chi connectivity index (χ3n) is 2.64. The topological polar surface area (TPSA) is 52.6 Å². The smallest absolute Gasteiger partial charge is 0.382 e. The van der Waals surface area contributed by atoms with Gasteiger partial charge in [-0.25, -0.2) is 0 Å². The molecular formula is C11H21F3N2O2. The van der Waals surface area contributed by atoms with E-state index in [0.29, 0.717) is 6.42 Å². The molecule has 108 valence electrons. The number of aliphatic hydroxyl groups is 1. The van der Waals surface area contributed by atoms with E-state index in [1.165, 1.54) is 7.05 Å². The Morgan fingerprint density at radius 2 is 1.89 bits per heavy atom. The van der Waals surface area contributed by atoms with Gasteiger partial charge in [-0.1, -0.05) is 6.92 Å². The van der Waals surface area contributed by atoms with Crippen LogP contribution in [-0.4, -0.2) is 53.9 Å². The molecule has 0 aliphatic carbocycles. The van der Waals surface area contributed by atoms with Crippen molar-refractivity contribution >= 4 is 5.91 Å². The highest BCUT2D eigenvalue weighted by atomic mass is 19.4. The summed E-state index contributed by atoms with van der Waals surface area (Å²) < 4.78 is 36.3. The van der Waals surface area contributed by atoms with E-state index in [0.717, 1.165) is 4.90 Å². The van der Waals surface area contributed by atoms with Gasteiger partial charge in [0, 0.05) is 12.1 Å². The number of likely N-dealkylation sites (N-methyl/N-ethyl adjacent to an activating group) is 1. The van der Waals surface area contributed by atoms with Crippen LogP contribution < -0.4 is 5.32 Å².